The summed E-state index contributed by atoms with van der Waals surface area (Å²) in [7, 11) is 0. The van der Waals surface area contributed by atoms with Crippen LogP contribution in [-0.4, -0.2) is 51.5 Å². The highest BCUT2D eigenvalue weighted by Gasteiger charge is 2.38. The van der Waals surface area contributed by atoms with Crippen LogP contribution >= 0.6 is 0 Å². The first-order valence-electron chi connectivity index (χ1n) is 6.05. The van der Waals surface area contributed by atoms with Gasteiger partial charge >= 0.3 is 0 Å². The number of non-ortho nitro benzene ring substituents is 1. The summed E-state index contributed by atoms with van der Waals surface area (Å²) in [6, 6.07) is 5.24. The number of aliphatic hydroxyl groups is 3. The number of nitro groups is 1. The quantitative estimate of drug-likeness (QED) is 0.517. The summed E-state index contributed by atoms with van der Waals surface area (Å²) in [5.74, 6) is 0.255. The van der Waals surface area contributed by atoms with E-state index in [0.29, 0.717) is 0 Å². The molecular weight excluding hydrogens is 270 g/mol. The molecule has 1 aliphatic rings. The zero-order chi connectivity index (χ0) is 14.7. The Kier molecular flexibility index (Phi) is 4.50. The van der Waals surface area contributed by atoms with Crippen LogP contribution < -0.4 is 4.74 Å². The molecule has 1 saturated heterocycles. The van der Waals surface area contributed by atoms with Gasteiger partial charge in [-0.15, -0.1) is 0 Å². The van der Waals surface area contributed by atoms with Crippen LogP contribution in [0, 0.1) is 10.1 Å². The van der Waals surface area contributed by atoms with Crippen molar-refractivity contribution in [3.8, 4) is 5.75 Å². The lowest BCUT2D eigenvalue weighted by Gasteiger charge is -2.36. The number of hydrogen-bond acceptors (Lipinski definition) is 7. The third kappa shape index (κ3) is 3.23. The normalized spacial score (nSPS) is 29.9. The summed E-state index contributed by atoms with van der Waals surface area (Å²) in [4.78, 5) is 9.98. The Morgan fingerprint density at radius 2 is 2.00 bits per heavy atom. The molecule has 1 aromatic carbocycles. The number of benzene rings is 1. The fourth-order valence-electron chi connectivity index (χ4n) is 1.91. The lowest BCUT2D eigenvalue weighted by Crippen LogP contribution is -2.51. The lowest BCUT2D eigenvalue weighted by atomic mass is 10.0. The van der Waals surface area contributed by atoms with E-state index in [2.05, 4.69) is 0 Å². The van der Waals surface area contributed by atoms with E-state index >= 15 is 0 Å². The predicted molar refractivity (Wildman–Crippen MR) is 66.1 cm³/mol. The van der Waals surface area contributed by atoms with Gasteiger partial charge in [0.05, 0.1) is 23.7 Å². The molecule has 0 amide bonds. The summed E-state index contributed by atoms with van der Waals surface area (Å²) >= 11 is 0. The highest BCUT2D eigenvalue weighted by molar-refractivity contribution is 5.36. The van der Waals surface area contributed by atoms with E-state index in [9.17, 15) is 20.3 Å². The number of rotatable bonds is 4. The molecule has 0 aliphatic carbocycles. The van der Waals surface area contributed by atoms with Crippen molar-refractivity contribution in [3.05, 3.63) is 34.4 Å². The molecule has 0 spiro atoms. The van der Waals surface area contributed by atoms with Crippen LogP contribution in [-0.2, 0) is 4.74 Å². The Hall–Kier alpha value is -1.74. The molecule has 8 nitrogen and oxygen atoms in total. The van der Waals surface area contributed by atoms with E-state index in [1.807, 2.05) is 0 Å². The van der Waals surface area contributed by atoms with Crippen LogP contribution in [0.4, 0.5) is 5.69 Å². The highest BCUT2D eigenvalue weighted by atomic mass is 16.7. The topological polar surface area (TPSA) is 122 Å². The van der Waals surface area contributed by atoms with Gasteiger partial charge in [-0.1, -0.05) is 0 Å². The second kappa shape index (κ2) is 6.14. The number of hydrogen-bond donors (Lipinski definition) is 3. The maximum absolute atomic E-state index is 10.5. The van der Waals surface area contributed by atoms with Gasteiger partial charge < -0.3 is 24.8 Å². The van der Waals surface area contributed by atoms with Crippen LogP contribution in [0.3, 0.4) is 0 Å². The summed E-state index contributed by atoms with van der Waals surface area (Å²) in [5.41, 5.74) is -0.0873. The minimum absolute atomic E-state index is 0.0873. The summed E-state index contributed by atoms with van der Waals surface area (Å²) in [6.45, 7) is -0.302. The first-order valence-corrected chi connectivity index (χ1v) is 6.05. The molecule has 1 fully saturated rings. The maximum Gasteiger partial charge on any atom is 0.269 e. The molecule has 4 atom stereocenters. The minimum atomic E-state index is -1.26. The third-order valence-electron chi connectivity index (χ3n) is 3.01. The van der Waals surface area contributed by atoms with Crippen LogP contribution in [0.5, 0.6) is 5.75 Å². The first-order chi connectivity index (χ1) is 9.51. The average Bonchev–Trinajstić information content (AvgIpc) is 2.44. The van der Waals surface area contributed by atoms with E-state index in [0.717, 1.165) is 0 Å². The molecule has 4 unspecified atom stereocenters. The minimum Gasteiger partial charge on any atom is -0.462 e. The van der Waals surface area contributed by atoms with Gasteiger partial charge in [-0.25, -0.2) is 0 Å². The largest absolute Gasteiger partial charge is 0.462 e. The van der Waals surface area contributed by atoms with Crippen molar-refractivity contribution in [1.29, 1.82) is 0 Å². The van der Waals surface area contributed by atoms with Crippen molar-refractivity contribution in [2.45, 2.75) is 31.0 Å². The Labute approximate surface area is 114 Å². The van der Waals surface area contributed by atoms with E-state index in [1.165, 1.54) is 24.3 Å². The van der Waals surface area contributed by atoms with Crippen molar-refractivity contribution in [1.82, 2.24) is 0 Å². The zero-order valence-corrected chi connectivity index (χ0v) is 10.5. The molecule has 0 saturated carbocycles. The van der Waals surface area contributed by atoms with Gasteiger partial charge in [0.2, 0.25) is 6.29 Å². The molecule has 1 aliphatic heterocycles. The zero-order valence-electron chi connectivity index (χ0n) is 10.5. The SMILES string of the molecule is O=[N+]([O-])c1ccc(OC2OC(CO)CC(O)C2O)cc1. The van der Waals surface area contributed by atoms with E-state index < -0.39 is 29.5 Å². The van der Waals surface area contributed by atoms with Crippen LogP contribution in [0.1, 0.15) is 6.42 Å². The van der Waals surface area contributed by atoms with Crippen molar-refractivity contribution in [2.24, 2.45) is 0 Å². The van der Waals surface area contributed by atoms with Gasteiger partial charge in [-0.3, -0.25) is 10.1 Å². The van der Waals surface area contributed by atoms with Crippen molar-refractivity contribution >= 4 is 5.69 Å². The second-order valence-electron chi connectivity index (χ2n) is 4.47. The number of aliphatic hydroxyl groups excluding tert-OH is 3. The van der Waals surface area contributed by atoms with Crippen molar-refractivity contribution in [2.75, 3.05) is 6.61 Å². The summed E-state index contributed by atoms with van der Waals surface area (Å²) < 4.78 is 10.6. The molecule has 0 aromatic heterocycles. The van der Waals surface area contributed by atoms with Crippen molar-refractivity contribution < 1.29 is 29.7 Å². The smallest absolute Gasteiger partial charge is 0.269 e. The highest BCUT2D eigenvalue weighted by Crippen LogP contribution is 2.25. The van der Waals surface area contributed by atoms with Crippen LogP contribution in [0.15, 0.2) is 24.3 Å². The number of ether oxygens (including phenoxy) is 2. The van der Waals surface area contributed by atoms with Gasteiger partial charge in [0.1, 0.15) is 11.9 Å². The second-order valence-corrected chi connectivity index (χ2v) is 4.47. The molecule has 0 radical (unpaired) electrons. The lowest BCUT2D eigenvalue weighted by molar-refractivity contribution is -0.384. The van der Waals surface area contributed by atoms with Crippen LogP contribution in [0.25, 0.3) is 0 Å². The summed E-state index contributed by atoms with van der Waals surface area (Å²) in [5, 5.41) is 38.9. The molecular formula is C12H15NO7. The average molecular weight is 285 g/mol. The van der Waals surface area contributed by atoms with E-state index in [1.54, 1.807) is 0 Å². The fourth-order valence-corrected chi connectivity index (χ4v) is 1.91. The maximum atomic E-state index is 10.5. The Morgan fingerprint density at radius 1 is 1.35 bits per heavy atom. The van der Waals surface area contributed by atoms with Gasteiger partial charge in [0, 0.05) is 18.6 Å². The van der Waals surface area contributed by atoms with E-state index in [4.69, 9.17) is 14.6 Å². The molecule has 1 aromatic rings. The molecule has 3 N–H and O–H groups in total. The predicted octanol–water partition coefficient (Wildman–Crippen LogP) is -0.197. The molecule has 1 heterocycles. The van der Waals surface area contributed by atoms with Gasteiger partial charge in [0.15, 0.2) is 0 Å². The molecule has 20 heavy (non-hydrogen) atoms. The van der Waals surface area contributed by atoms with E-state index in [-0.39, 0.29) is 24.5 Å². The fraction of sp³-hybridized carbons (Fsp3) is 0.500. The number of nitrogens with zero attached hydrogens (tertiary/aromatic N) is 1. The Balaban J connectivity index is 2.05. The standard InChI is InChI=1S/C12H15NO7/c14-6-9-5-10(15)11(16)12(20-9)19-8-3-1-7(2-4-8)13(17)18/h1-4,9-12,14-16H,5-6H2. The molecule has 8 heteroatoms. The number of nitro benzene ring substituents is 1. The van der Waals surface area contributed by atoms with Gasteiger partial charge in [-0.2, -0.15) is 0 Å². The Morgan fingerprint density at radius 3 is 2.55 bits per heavy atom. The first kappa shape index (κ1) is 14.7. The molecule has 0 bridgehead atoms. The van der Waals surface area contributed by atoms with Gasteiger partial charge in [-0.05, 0) is 12.1 Å². The monoisotopic (exact) mass is 285 g/mol. The third-order valence-corrected chi connectivity index (χ3v) is 3.01. The molecule has 2 rings (SSSR count). The van der Waals surface area contributed by atoms with Gasteiger partial charge in [0.25, 0.3) is 5.69 Å². The Bertz CT molecular complexity index is 463. The summed E-state index contributed by atoms with van der Waals surface area (Å²) in [6.07, 6.45) is -3.98. The molecule has 110 valence electrons. The van der Waals surface area contributed by atoms with Crippen molar-refractivity contribution in [3.63, 3.8) is 0 Å². The van der Waals surface area contributed by atoms with Crippen LogP contribution in [0.2, 0.25) is 0 Å².